The first kappa shape index (κ1) is 28.6. The van der Waals surface area contributed by atoms with Gasteiger partial charge in [-0.05, 0) is 60.4 Å². The highest BCUT2D eigenvalue weighted by molar-refractivity contribution is 6.29. The van der Waals surface area contributed by atoms with E-state index in [1.54, 1.807) is 49.1 Å². The number of nitrogens with two attached hydrogens (primary N) is 1. The highest BCUT2D eigenvalue weighted by Crippen LogP contribution is 2.41. The monoisotopic (exact) mass is 597 g/mol. The fourth-order valence-corrected chi connectivity index (χ4v) is 5.12. The number of halogens is 1. The lowest BCUT2D eigenvalue weighted by Crippen LogP contribution is -2.23. The van der Waals surface area contributed by atoms with Crippen LogP contribution in [-0.4, -0.2) is 47.8 Å². The van der Waals surface area contributed by atoms with Crippen molar-refractivity contribution in [3.05, 3.63) is 93.7 Å². The van der Waals surface area contributed by atoms with E-state index in [1.807, 2.05) is 12.3 Å². The van der Waals surface area contributed by atoms with Gasteiger partial charge in [0.15, 0.2) is 5.82 Å². The summed E-state index contributed by atoms with van der Waals surface area (Å²) in [5, 5.41) is 4.59. The van der Waals surface area contributed by atoms with Gasteiger partial charge in [0, 0.05) is 37.0 Å². The zero-order chi connectivity index (χ0) is 31.0. The molecule has 0 spiro atoms. The van der Waals surface area contributed by atoms with Crippen LogP contribution in [0.25, 0.3) is 27.8 Å². The molecule has 5 aromatic rings. The Morgan fingerprint density at radius 3 is 2.61 bits per heavy atom. The van der Waals surface area contributed by atoms with Crippen LogP contribution in [0.5, 0.6) is 0 Å². The molecule has 1 fully saturated rings. The lowest BCUT2D eigenvalue weighted by molar-refractivity contribution is -0.168. The SMILES string of the molecule is CCOC(=O)C(=O)OCc1c(-c2nc(N)nc(Cc3cnn(C)c3)n2)cccc1-n1ccc2cc(C3CC3)cc(F)c2c1=O. The molecular weight excluding hydrogens is 569 g/mol. The lowest BCUT2D eigenvalue weighted by Gasteiger charge is -2.17. The van der Waals surface area contributed by atoms with Crippen molar-refractivity contribution in [1.82, 2.24) is 29.3 Å². The van der Waals surface area contributed by atoms with Crippen LogP contribution in [0.2, 0.25) is 0 Å². The largest absolute Gasteiger partial charge is 0.458 e. The van der Waals surface area contributed by atoms with E-state index in [9.17, 15) is 14.4 Å². The minimum Gasteiger partial charge on any atom is -0.458 e. The summed E-state index contributed by atoms with van der Waals surface area (Å²) in [6.45, 7) is 1.09. The van der Waals surface area contributed by atoms with Crippen LogP contribution in [0.3, 0.4) is 0 Å². The Morgan fingerprint density at radius 2 is 1.89 bits per heavy atom. The van der Waals surface area contributed by atoms with Crippen LogP contribution in [0, 0.1) is 5.82 Å². The number of hydrogen-bond donors (Lipinski definition) is 1. The van der Waals surface area contributed by atoms with Crippen molar-refractivity contribution in [3.8, 4) is 17.1 Å². The van der Waals surface area contributed by atoms with E-state index in [1.165, 1.54) is 16.8 Å². The quantitative estimate of drug-likeness (QED) is 0.208. The number of carbonyl (C=O) groups is 2. The number of anilines is 1. The molecule has 0 aliphatic heterocycles. The number of aromatic nitrogens is 6. The molecule has 0 saturated heterocycles. The normalized spacial score (nSPS) is 12.8. The third-order valence-corrected chi connectivity index (χ3v) is 7.29. The van der Waals surface area contributed by atoms with Gasteiger partial charge in [0.1, 0.15) is 18.2 Å². The predicted octanol–water partition coefficient (Wildman–Crippen LogP) is 3.37. The minimum absolute atomic E-state index is 0.0138. The Balaban J connectivity index is 1.47. The molecule has 2 aromatic carbocycles. The summed E-state index contributed by atoms with van der Waals surface area (Å²) in [4.78, 5) is 51.3. The van der Waals surface area contributed by atoms with Crippen molar-refractivity contribution in [2.45, 2.75) is 38.7 Å². The Hall–Kier alpha value is -5.46. The Kier molecular flexibility index (Phi) is 7.60. The molecule has 0 radical (unpaired) electrons. The highest BCUT2D eigenvalue weighted by atomic mass is 19.1. The number of aryl methyl sites for hydroxylation is 1. The number of esters is 2. The summed E-state index contributed by atoms with van der Waals surface area (Å²) in [7, 11) is 1.79. The van der Waals surface area contributed by atoms with E-state index < -0.39 is 29.9 Å². The summed E-state index contributed by atoms with van der Waals surface area (Å²) < 4.78 is 28.3. The van der Waals surface area contributed by atoms with Gasteiger partial charge in [-0.3, -0.25) is 14.0 Å². The number of rotatable bonds is 8. The summed E-state index contributed by atoms with van der Waals surface area (Å²) >= 11 is 0. The smallest absolute Gasteiger partial charge is 0.417 e. The number of pyridine rings is 1. The van der Waals surface area contributed by atoms with Crippen LogP contribution in [0.15, 0.2) is 59.8 Å². The molecule has 1 aliphatic carbocycles. The Labute approximate surface area is 250 Å². The first-order valence-electron chi connectivity index (χ1n) is 14.0. The van der Waals surface area contributed by atoms with Gasteiger partial charge >= 0.3 is 11.9 Å². The van der Waals surface area contributed by atoms with Crippen molar-refractivity contribution in [2.75, 3.05) is 12.3 Å². The number of hydrogen-bond acceptors (Lipinski definition) is 10. The van der Waals surface area contributed by atoms with Crippen molar-refractivity contribution in [1.29, 1.82) is 0 Å². The maximum atomic E-state index is 15.3. The van der Waals surface area contributed by atoms with Gasteiger partial charge in [-0.2, -0.15) is 15.1 Å². The molecule has 44 heavy (non-hydrogen) atoms. The fourth-order valence-electron chi connectivity index (χ4n) is 5.12. The summed E-state index contributed by atoms with van der Waals surface area (Å²) in [6.07, 6.45) is 7.33. The first-order valence-corrected chi connectivity index (χ1v) is 14.0. The molecule has 3 heterocycles. The third-order valence-electron chi connectivity index (χ3n) is 7.29. The zero-order valence-electron chi connectivity index (χ0n) is 24.0. The fraction of sp³-hybridized carbons (Fsp3) is 0.258. The molecule has 3 aromatic heterocycles. The van der Waals surface area contributed by atoms with Gasteiger partial charge in [0.05, 0.1) is 23.9 Å². The van der Waals surface area contributed by atoms with E-state index in [0.717, 1.165) is 24.0 Å². The molecule has 13 heteroatoms. The van der Waals surface area contributed by atoms with Crippen LogP contribution >= 0.6 is 0 Å². The molecule has 224 valence electrons. The van der Waals surface area contributed by atoms with Crippen molar-refractivity contribution in [3.63, 3.8) is 0 Å². The zero-order valence-corrected chi connectivity index (χ0v) is 24.0. The second-order valence-electron chi connectivity index (χ2n) is 10.5. The summed E-state index contributed by atoms with van der Waals surface area (Å²) in [6, 6.07) is 9.86. The van der Waals surface area contributed by atoms with Gasteiger partial charge in [0.25, 0.3) is 5.56 Å². The Morgan fingerprint density at radius 1 is 1.09 bits per heavy atom. The molecule has 0 amide bonds. The molecule has 0 atom stereocenters. The maximum Gasteiger partial charge on any atom is 0.417 e. The molecular formula is C31H28FN7O5. The molecule has 1 aliphatic rings. The third kappa shape index (κ3) is 5.76. The van der Waals surface area contributed by atoms with Gasteiger partial charge < -0.3 is 15.2 Å². The molecule has 6 rings (SSSR count). The second kappa shape index (κ2) is 11.7. The second-order valence-corrected chi connectivity index (χ2v) is 10.5. The minimum atomic E-state index is -1.22. The summed E-state index contributed by atoms with van der Waals surface area (Å²) in [5.74, 6) is -2.22. The van der Waals surface area contributed by atoms with Gasteiger partial charge in [-0.25, -0.2) is 19.0 Å². The number of nitrogen functional groups attached to an aromatic ring is 1. The van der Waals surface area contributed by atoms with Crippen molar-refractivity contribution >= 4 is 28.7 Å². The summed E-state index contributed by atoms with van der Waals surface area (Å²) in [5.41, 5.74) is 8.08. The number of carbonyl (C=O) groups excluding carboxylic acids is 2. The van der Waals surface area contributed by atoms with Crippen molar-refractivity contribution in [2.24, 2.45) is 7.05 Å². The number of fused-ring (bicyclic) bond motifs is 1. The molecule has 1 saturated carbocycles. The molecule has 0 unspecified atom stereocenters. The standard InChI is InChI=1S/C31H28FN7O5/c1-3-43-29(41)30(42)44-16-22-21(27-35-25(36-31(33)37-27)11-17-14-34-38(2)15-17)5-4-6-24(22)39-10-9-19-12-20(18-7-8-18)13-23(32)26(19)28(39)40/h4-6,9-10,12-15,18H,3,7-8,11,16H2,1-2H3,(H2,33,35,36,37). The van der Waals surface area contributed by atoms with Crippen LogP contribution in [0.4, 0.5) is 10.3 Å². The first-order chi connectivity index (χ1) is 21.2. The average molecular weight is 598 g/mol. The molecule has 0 bridgehead atoms. The average Bonchev–Trinajstić information content (AvgIpc) is 3.77. The van der Waals surface area contributed by atoms with E-state index in [0.29, 0.717) is 29.1 Å². The number of ether oxygens (including phenoxy) is 2. The van der Waals surface area contributed by atoms with E-state index >= 15 is 4.39 Å². The predicted molar refractivity (Wildman–Crippen MR) is 157 cm³/mol. The van der Waals surface area contributed by atoms with Gasteiger partial charge in [-0.15, -0.1) is 0 Å². The molecule has 12 nitrogen and oxygen atoms in total. The number of nitrogens with zero attached hydrogens (tertiary/aromatic N) is 6. The van der Waals surface area contributed by atoms with Crippen LogP contribution in [0.1, 0.15) is 48.2 Å². The van der Waals surface area contributed by atoms with Crippen molar-refractivity contribution < 1.29 is 23.5 Å². The highest BCUT2D eigenvalue weighted by Gasteiger charge is 2.26. The number of benzene rings is 2. The van der Waals surface area contributed by atoms with E-state index in [-0.39, 0.29) is 35.0 Å². The Bertz CT molecular complexity index is 1980. The maximum absolute atomic E-state index is 15.3. The lowest BCUT2D eigenvalue weighted by atomic mass is 10.0. The van der Waals surface area contributed by atoms with Gasteiger partial charge in [-0.1, -0.05) is 18.2 Å². The van der Waals surface area contributed by atoms with E-state index in [4.69, 9.17) is 15.2 Å². The topological polar surface area (TPSA) is 157 Å². The van der Waals surface area contributed by atoms with Crippen LogP contribution < -0.4 is 11.3 Å². The molecule has 2 N–H and O–H groups in total. The van der Waals surface area contributed by atoms with Gasteiger partial charge in [0.2, 0.25) is 5.95 Å². The van der Waals surface area contributed by atoms with Crippen LogP contribution in [-0.2, 0) is 39.1 Å². The van der Waals surface area contributed by atoms with E-state index in [2.05, 4.69) is 20.1 Å².